The van der Waals surface area contributed by atoms with Crippen molar-refractivity contribution in [2.24, 2.45) is 0 Å². The van der Waals surface area contributed by atoms with E-state index in [9.17, 15) is 0 Å². The number of thiophene rings is 1. The molecule has 3 heterocycles. The molecule has 10 aromatic carbocycles. The van der Waals surface area contributed by atoms with Gasteiger partial charge in [0.05, 0.1) is 22.4 Å². The smallest absolute Gasteiger partial charge is 0.137 e. The molecule has 0 saturated carbocycles. The van der Waals surface area contributed by atoms with Crippen molar-refractivity contribution < 1.29 is 4.42 Å². The Morgan fingerprint density at radius 2 is 1.08 bits per heavy atom. The average molecular weight is 809 g/mol. The van der Waals surface area contributed by atoms with Crippen LogP contribution < -0.4 is 4.90 Å². The minimum absolute atomic E-state index is 0.870. The zero-order chi connectivity index (χ0) is 40.7. The largest absolute Gasteiger partial charge is 0.456 e. The molecule has 3 nitrogen and oxygen atoms in total. The van der Waals surface area contributed by atoms with Gasteiger partial charge in [-0.1, -0.05) is 146 Å². The van der Waals surface area contributed by atoms with Crippen LogP contribution in [0.3, 0.4) is 0 Å². The molecule has 13 rings (SSSR count). The predicted molar refractivity (Wildman–Crippen MR) is 264 cm³/mol. The molecule has 0 amide bonds. The molecule has 3 aromatic heterocycles. The van der Waals surface area contributed by atoms with Crippen molar-refractivity contribution in [1.29, 1.82) is 0 Å². The Bertz CT molecular complexity index is 3870. The number of aromatic nitrogens is 1. The number of hydrogen-bond donors (Lipinski definition) is 0. The van der Waals surface area contributed by atoms with Crippen molar-refractivity contribution in [2.75, 3.05) is 4.90 Å². The first-order valence-electron chi connectivity index (χ1n) is 21.1. The van der Waals surface area contributed by atoms with Crippen molar-refractivity contribution in [3.8, 4) is 27.9 Å². The molecule has 0 aliphatic carbocycles. The summed E-state index contributed by atoms with van der Waals surface area (Å²) in [6.45, 7) is 0. The van der Waals surface area contributed by atoms with Crippen molar-refractivity contribution in [3.05, 3.63) is 218 Å². The van der Waals surface area contributed by atoms with Crippen LogP contribution in [0.1, 0.15) is 0 Å². The fraction of sp³-hybridized carbons (Fsp3) is 0. The predicted octanol–water partition coefficient (Wildman–Crippen LogP) is 17.0. The van der Waals surface area contributed by atoms with E-state index in [2.05, 4.69) is 216 Å². The maximum absolute atomic E-state index is 6.48. The van der Waals surface area contributed by atoms with Gasteiger partial charge in [0.2, 0.25) is 0 Å². The van der Waals surface area contributed by atoms with Crippen LogP contribution in [0.4, 0.5) is 17.1 Å². The van der Waals surface area contributed by atoms with Gasteiger partial charge in [0, 0.05) is 64.7 Å². The van der Waals surface area contributed by atoms with Gasteiger partial charge in [0.25, 0.3) is 0 Å². The summed E-state index contributed by atoms with van der Waals surface area (Å²) in [5, 5.41) is 9.78. The number of fused-ring (bicyclic) bond motifs is 11. The van der Waals surface area contributed by atoms with Crippen LogP contribution >= 0.6 is 11.3 Å². The molecule has 290 valence electrons. The molecule has 0 unspecified atom stereocenters. The summed E-state index contributed by atoms with van der Waals surface area (Å²) < 4.78 is 11.5. The molecule has 0 aliphatic heterocycles. The Kier molecular flexibility index (Phi) is 7.78. The molecule has 0 radical (unpaired) electrons. The van der Waals surface area contributed by atoms with Gasteiger partial charge < -0.3 is 13.9 Å². The molecule has 4 heteroatoms. The Morgan fingerprint density at radius 3 is 1.97 bits per heavy atom. The third-order valence-electron chi connectivity index (χ3n) is 12.6. The van der Waals surface area contributed by atoms with Crippen molar-refractivity contribution in [1.82, 2.24) is 4.57 Å². The molecular formula is C58H36N2OS. The highest BCUT2D eigenvalue weighted by atomic mass is 32.1. The number of benzene rings is 10. The van der Waals surface area contributed by atoms with Crippen LogP contribution in [-0.4, -0.2) is 4.57 Å². The molecule has 62 heavy (non-hydrogen) atoms. The summed E-state index contributed by atoms with van der Waals surface area (Å²) in [6.07, 6.45) is 0. The minimum Gasteiger partial charge on any atom is -0.456 e. The molecule has 0 saturated heterocycles. The fourth-order valence-corrected chi connectivity index (χ4v) is 10.9. The van der Waals surface area contributed by atoms with Crippen LogP contribution in [0.15, 0.2) is 223 Å². The van der Waals surface area contributed by atoms with Crippen molar-refractivity contribution >= 4 is 103 Å². The van der Waals surface area contributed by atoms with Gasteiger partial charge in [-0.2, -0.15) is 0 Å². The molecule has 0 fully saturated rings. The fourth-order valence-electron chi connectivity index (χ4n) is 9.78. The lowest BCUT2D eigenvalue weighted by molar-refractivity contribution is 0.669. The highest BCUT2D eigenvalue weighted by molar-refractivity contribution is 7.26. The first-order valence-corrected chi connectivity index (χ1v) is 21.9. The molecule has 13 aromatic rings. The molecule has 0 bridgehead atoms. The highest BCUT2D eigenvalue weighted by Crippen LogP contribution is 2.47. The van der Waals surface area contributed by atoms with E-state index in [0.717, 1.165) is 55.8 Å². The normalized spacial score (nSPS) is 11.9. The zero-order valence-corrected chi connectivity index (χ0v) is 34.3. The van der Waals surface area contributed by atoms with Crippen LogP contribution in [0, 0.1) is 0 Å². The first kappa shape index (κ1) is 34.9. The van der Waals surface area contributed by atoms with E-state index in [1.165, 1.54) is 63.9 Å². The Balaban J connectivity index is 1.03. The lowest BCUT2D eigenvalue weighted by Gasteiger charge is -2.27. The lowest BCUT2D eigenvalue weighted by atomic mass is 9.97. The van der Waals surface area contributed by atoms with Gasteiger partial charge >= 0.3 is 0 Å². The van der Waals surface area contributed by atoms with Crippen molar-refractivity contribution in [2.45, 2.75) is 0 Å². The molecule has 0 spiro atoms. The maximum atomic E-state index is 6.48. The van der Waals surface area contributed by atoms with E-state index in [0.29, 0.717) is 0 Å². The maximum Gasteiger partial charge on any atom is 0.137 e. The third-order valence-corrected chi connectivity index (χ3v) is 13.7. The Morgan fingerprint density at radius 1 is 0.387 bits per heavy atom. The number of anilines is 3. The quantitative estimate of drug-likeness (QED) is 0.167. The minimum atomic E-state index is 0.870. The van der Waals surface area contributed by atoms with E-state index < -0.39 is 0 Å². The number of para-hydroxylation sites is 2. The summed E-state index contributed by atoms with van der Waals surface area (Å²) in [5.74, 6) is 0. The number of hydrogen-bond acceptors (Lipinski definition) is 3. The van der Waals surface area contributed by atoms with E-state index in [-0.39, 0.29) is 0 Å². The standard InChI is InChI=1S/C58H36N2OS/c1-2-13-37(14-3-1)40-27-32-43(52(35-40)60-49-20-9-6-18-47(49)57-44-16-5-4-15-38(44)28-34-51(57)60)39-25-29-41(30-26-39)59(42-31-33-46-45-17-7-10-22-53(45)61-54(46)36-42)50-21-12-24-56-58(50)48-19-8-11-23-55(48)62-56/h1-36H. The van der Waals surface area contributed by atoms with Gasteiger partial charge in [-0.15, -0.1) is 11.3 Å². The topological polar surface area (TPSA) is 21.3 Å². The van der Waals surface area contributed by atoms with E-state index in [1.807, 2.05) is 23.5 Å². The van der Waals surface area contributed by atoms with Crippen LogP contribution in [0.25, 0.3) is 103 Å². The third kappa shape index (κ3) is 5.37. The van der Waals surface area contributed by atoms with Crippen molar-refractivity contribution in [3.63, 3.8) is 0 Å². The monoisotopic (exact) mass is 808 g/mol. The van der Waals surface area contributed by atoms with Gasteiger partial charge in [0.1, 0.15) is 11.2 Å². The highest BCUT2D eigenvalue weighted by Gasteiger charge is 2.22. The average Bonchev–Trinajstić information content (AvgIpc) is 4.02. The summed E-state index contributed by atoms with van der Waals surface area (Å²) >= 11 is 1.84. The van der Waals surface area contributed by atoms with E-state index in [4.69, 9.17) is 4.42 Å². The number of rotatable bonds is 6. The van der Waals surface area contributed by atoms with Gasteiger partial charge in [0.15, 0.2) is 0 Å². The summed E-state index contributed by atoms with van der Waals surface area (Å²) in [6, 6.07) is 79.3. The summed E-state index contributed by atoms with van der Waals surface area (Å²) in [5.41, 5.74) is 13.2. The van der Waals surface area contributed by atoms with Gasteiger partial charge in [-0.3, -0.25) is 0 Å². The SMILES string of the molecule is c1ccc(-c2ccc(-c3ccc(N(c4ccc5c(c4)oc4ccccc45)c4cccc5sc6ccccc6c45)cc3)c(-n3c4ccccc4c4c5ccccc5ccc43)c2)cc1. The number of furan rings is 1. The van der Waals surface area contributed by atoms with E-state index in [1.54, 1.807) is 0 Å². The molecule has 0 aliphatic rings. The summed E-state index contributed by atoms with van der Waals surface area (Å²) in [4.78, 5) is 2.40. The molecule has 0 atom stereocenters. The second-order valence-corrected chi connectivity index (χ2v) is 17.1. The van der Waals surface area contributed by atoms with E-state index >= 15 is 0 Å². The molecular weight excluding hydrogens is 773 g/mol. The Labute approximate surface area is 361 Å². The number of nitrogens with zero attached hydrogens (tertiary/aromatic N) is 2. The second-order valence-electron chi connectivity index (χ2n) is 16.0. The van der Waals surface area contributed by atoms with Gasteiger partial charge in [-0.25, -0.2) is 0 Å². The first-order chi connectivity index (χ1) is 30.7. The molecule has 0 N–H and O–H groups in total. The zero-order valence-electron chi connectivity index (χ0n) is 33.5. The summed E-state index contributed by atoms with van der Waals surface area (Å²) in [7, 11) is 0. The Hall–Kier alpha value is -7.92. The van der Waals surface area contributed by atoms with Crippen LogP contribution in [0.2, 0.25) is 0 Å². The van der Waals surface area contributed by atoms with Gasteiger partial charge in [-0.05, 0) is 94.2 Å². The van der Waals surface area contributed by atoms with Crippen LogP contribution in [0.5, 0.6) is 0 Å². The second kappa shape index (κ2) is 13.8. The lowest BCUT2D eigenvalue weighted by Crippen LogP contribution is -2.10. The van der Waals surface area contributed by atoms with Crippen LogP contribution in [-0.2, 0) is 0 Å².